The van der Waals surface area contributed by atoms with E-state index in [-0.39, 0.29) is 0 Å². The van der Waals surface area contributed by atoms with E-state index in [9.17, 15) is 0 Å². The van der Waals surface area contributed by atoms with Crippen molar-refractivity contribution in [2.24, 2.45) is 5.92 Å². The number of fused-ring (bicyclic) bond motifs is 1. The van der Waals surface area contributed by atoms with Crippen molar-refractivity contribution in [3.63, 3.8) is 0 Å². The molecule has 0 spiro atoms. The van der Waals surface area contributed by atoms with E-state index in [1.165, 1.54) is 12.0 Å². The van der Waals surface area contributed by atoms with Gasteiger partial charge in [-0.05, 0) is 49.7 Å². The highest BCUT2D eigenvalue weighted by Crippen LogP contribution is 2.30. The molecule has 4 heteroatoms. The van der Waals surface area contributed by atoms with E-state index in [2.05, 4.69) is 22.8 Å². The van der Waals surface area contributed by atoms with Crippen LogP contribution in [-0.2, 0) is 6.54 Å². The Morgan fingerprint density at radius 1 is 1.22 bits per heavy atom. The predicted octanol–water partition coefficient (Wildman–Crippen LogP) is 1.16. The number of ether oxygens (including phenoxy) is 2. The third kappa shape index (κ3) is 2.76. The molecule has 2 aliphatic heterocycles. The van der Waals surface area contributed by atoms with Gasteiger partial charge in [0.05, 0.1) is 0 Å². The van der Waals surface area contributed by atoms with Crippen LogP contribution < -0.4 is 20.1 Å². The second kappa shape index (κ2) is 5.59. The number of hydrogen-bond acceptors (Lipinski definition) is 4. The molecule has 98 valence electrons. The highest BCUT2D eigenvalue weighted by atomic mass is 16.6. The lowest BCUT2D eigenvalue weighted by Crippen LogP contribution is -2.24. The summed E-state index contributed by atoms with van der Waals surface area (Å²) in [5.74, 6) is 2.52. The normalized spacial score (nSPS) is 22.1. The first-order chi connectivity index (χ1) is 8.92. The molecule has 3 rings (SSSR count). The first kappa shape index (κ1) is 11.8. The van der Waals surface area contributed by atoms with Crippen LogP contribution in [0.15, 0.2) is 18.2 Å². The van der Waals surface area contributed by atoms with Gasteiger partial charge in [0.25, 0.3) is 0 Å². The zero-order valence-electron chi connectivity index (χ0n) is 10.6. The molecule has 1 atom stereocenters. The molecule has 0 saturated carbocycles. The Kier molecular flexibility index (Phi) is 3.67. The fourth-order valence-corrected chi connectivity index (χ4v) is 2.51. The van der Waals surface area contributed by atoms with Gasteiger partial charge in [0, 0.05) is 6.54 Å². The molecule has 0 bridgehead atoms. The van der Waals surface area contributed by atoms with Crippen LogP contribution in [0.4, 0.5) is 0 Å². The second-order valence-corrected chi connectivity index (χ2v) is 4.97. The minimum atomic E-state index is 0.650. The van der Waals surface area contributed by atoms with E-state index in [1.54, 1.807) is 0 Å². The van der Waals surface area contributed by atoms with E-state index in [0.29, 0.717) is 13.2 Å². The minimum Gasteiger partial charge on any atom is -0.486 e. The lowest BCUT2D eigenvalue weighted by molar-refractivity contribution is 0.171. The monoisotopic (exact) mass is 248 g/mol. The Morgan fingerprint density at radius 3 is 2.94 bits per heavy atom. The van der Waals surface area contributed by atoms with Gasteiger partial charge in [-0.2, -0.15) is 0 Å². The van der Waals surface area contributed by atoms with Crippen molar-refractivity contribution in [2.75, 3.05) is 32.8 Å². The molecule has 4 nitrogen and oxygen atoms in total. The van der Waals surface area contributed by atoms with E-state index in [4.69, 9.17) is 9.47 Å². The summed E-state index contributed by atoms with van der Waals surface area (Å²) in [4.78, 5) is 0. The maximum Gasteiger partial charge on any atom is 0.161 e. The molecular weight excluding hydrogens is 228 g/mol. The van der Waals surface area contributed by atoms with Crippen LogP contribution in [0, 0.1) is 5.92 Å². The molecule has 1 unspecified atom stereocenters. The molecule has 0 amide bonds. The predicted molar refractivity (Wildman–Crippen MR) is 70.1 cm³/mol. The number of rotatable bonds is 4. The van der Waals surface area contributed by atoms with Crippen LogP contribution in [0.3, 0.4) is 0 Å². The van der Waals surface area contributed by atoms with E-state index >= 15 is 0 Å². The standard InChI is InChI=1S/C14H20N2O2/c1-2-13-14(18-6-5-17-13)7-11(1)8-16-10-12-3-4-15-9-12/h1-2,7,12,15-16H,3-6,8-10H2. The van der Waals surface area contributed by atoms with Crippen LogP contribution in [-0.4, -0.2) is 32.8 Å². The zero-order chi connectivity index (χ0) is 12.2. The topological polar surface area (TPSA) is 42.5 Å². The smallest absolute Gasteiger partial charge is 0.161 e. The molecule has 1 aromatic rings. The molecule has 18 heavy (non-hydrogen) atoms. The Hall–Kier alpha value is -1.26. The van der Waals surface area contributed by atoms with Crippen molar-refractivity contribution in [3.05, 3.63) is 23.8 Å². The van der Waals surface area contributed by atoms with Crippen LogP contribution in [0.1, 0.15) is 12.0 Å². The minimum absolute atomic E-state index is 0.650. The molecule has 1 aromatic carbocycles. The summed E-state index contributed by atoms with van der Waals surface area (Å²) in [7, 11) is 0. The van der Waals surface area contributed by atoms with Gasteiger partial charge in [0.2, 0.25) is 0 Å². The van der Waals surface area contributed by atoms with Crippen LogP contribution >= 0.6 is 0 Å². The van der Waals surface area contributed by atoms with Gasteiger partial charge in [-0.3, -0.25) is 0 Å². The summed E-state index contributed by atoms with van der Waals surface area (Å²) < 4.78 is 11.1. The van der Waals surface area contributed by atoms with Crippen molar-refractivity contribution in [1.29, 1.82) is 0 Å². The van der Waals surface area contributed by atoms with E-state index in [0.717, 1.165) is 43.6 Å². The Morgan fingerprint density at radius 2 is 2.11 bits per heavy atom. The fraction of sp³-hybridized carbons (Fsp3) is 0.571. The highest BCUT2D eigenvalue weighted by molar-refractivity contribution is 5.43. The van der Waals surface area contributed by atoms with Crippen LogP contribution in [0.25, 0.3) is 0 Å². The summed E-state index contributed by atoms with van der Waals surface area (Å²) in [6.07, 6.45) is 1.29. The fourth-order valence-electron chi connectivity index (χ4n) is 2.51. The molecule has 0 radical (unpaired) electrons. The average Bonchev–Trinajstić information content (AvgIpc) is 2.92. The summed E-state index contributed by atoms with van der Waals surface area (Å²) in [6, 6.07) is 6.18. The maximum atomic E-state index is 5.58. The Labute approximate surface area is 108 Å². The number of nitrogens with one attached hydrogen (secondary N) is 2. The number of hydrogen-bond donors (Lipinski definition) is 2. The third-order valence-electron chi connectivity index (χ3n) is 3.53. The van der Waals surface area contributed by atoms with Gasteiger partial charge in [-0.25, -0.2) is 0 Å². The van der Waals surface area contributed by atoms with Crippen LogP contribution in [0.2, 0.25) is 0 Å². The van der Waals surface area contributed by atoms with Crippen molar-refractivity contribution in [1.82, 2.24) is 10.6 Å². The van der Waals surface area contributed by atoms with Gasteiger partial charge < -0.3 is 20.1 Å². The maximum absolute atomic E-state index is 5.58. The van der Waals surface area contributed by atoms with Gasteiger partial charge in [-0.15, -0.1) is 0 Å². The highest BCUT2D eigenvalue weighted by Gasteiger charge is 2.14. The third-order valence-corrected chi connectivity index (χ3v) is 3.53. The Balaban J connectivity index is 1.52. The van der Waals surface area contributed by atoms with E-state index in [1.807, 2.05) is 6.07 Å². The summed E-state index contributed by atoms with van der Waals surface area (Å²) in [5.41, 5.74) is 1.25. The second-order valence-electron chi connectivity index (χ2n) is 4.97. The molecule has 2 heterocycles. The molecule has 0 aromatic heterocycles. The van der Waals surface area contributed by atoms with E-state index < -0.39 is 0 Å². The quantitative estimate of drug-likeness (QED) is 0.839. The van der Waals surface area contributed by atoms with Gasteiger partial charge in [0.15, 0.2) is 11.5 Å². The lowest BCUT2D eigenvalue weighted by Gasteiger charge is -2.19. The molecular formula is C14H20N2O2. The summed E-state index contributed by atoms with van der Waals surface area (Å²) in [5, 5.41) is 6.90. The first-order valence-electron chi connectivity index (χ1n) is 6.72. The van der Waals surface area contributed by atoms with Crippen molar-refractivity contribution in [3.8, 4) is 11.5 Å². The lowest BCUT2D eigenvalue weighted by atomic mass is 10.1. The molecule has 2 N–H and O–H groups in total. The number of benzene rings is 1. The van der Waals surface area contributed by atoms with Crippen molar-refractivity contribution in [2.45, 2.75) is 13.0 Å². The van der Waals surface area contributed by atoms with Gasteiger partial charge in [-0.1, -0.05) is 6.07 Å². The van der Waals surface area contributed by atoms with Gasteiger partial charge >= 0.3 is 0 Å². The van der Waals surface area contributed by atoms with Gasteiger partial charge in [0.1, 0.15) is 13.2 Å². The first-order valence-corrected chi connectivity index (χ1v) is 6.72. The summed E-state index contributed by atoms with van der Waals surface area (Å²) >= 11 is 0. The van der Waals surface area contributed by atoms with Crippen molar-refractivity contribution < 1.29 is 9.47 Å². The molecule has 0 aliphatic carbocycles. The van der Waals surface area contributed by atoms with Crippen molar-refractivity contribution >= 4 is 0 Å². The molecule has 2 aliphatic rings. The Bertz CT molecular complexity index is 403. The summed E-state index contributed by atoms with van der Waals surface area (Å²) in [6.45, 7) is 5.59. The van der Waals surface area contributed by atoms with Crippen LogP contribution in [0.5, 0.6) is 11.5 Å². The SMILES string of the molecule is c1cc2c(cc1CNCC1CCNC1)OCCO2. The average molecular weight is 248 g/mol. The molecule has 1 fully saturated rings. The largest absolute Gasteiger partial charge is 0.486 e. The molecule has 1 saturated heterocycles. The zero-order valence-corrected chi connectivity index (χ0v) is 10.6.